The highest BCUT2D eigenvalue weighted by atomic mass is 35.5. The van der Waals surface area contributed by atoms with Crippen molar-refractivity contribution in [1.82, 2.24) is 9.55 Å². The minimum atomic E-state index is 0.111. The van der Waals surface area contributed by atoms with Gasteiger partial charge < -0.3 is 24.3 Å². The Labute approximate surface area is 212 Å². The predicted molar refractivity (Wildman–Crippen MR) is 146 cm³/mol. The van der Waals surface area contributed by atoms with Gasteiger partial charge in [0.2, 0.25) is 5.95 Å². The lowest BCUT2D eigenvalue weighted by Gasteiger charge is -2.30. The first-order valence-corrected chi connectivity index (χ1v) is 12.2. The summed E-state index contributed by atoms with van der Waals surface area (Å²) in [5, 5.41) is 4.11. The van der Waals surface area contributed by atoms with E-state index < -0.39 is 0 Å². The van der Waals surface area contributed by atoms with Crippen LogP contribution in [0.2, 0.25) is 5.02 Å². The number of aromatic nitrogens is 2. The van der Waals surface area contributed by atoms with Gasteiger partial charge in [0.05, 0.1) is 35.6 Å². The van der Waals surface area contributed by atoms with Crippen LogP contribution in [0, 0.1) is 6.92 Å². The van der Waals surface area contributed by atoms with Gasteiger partial charge in [-0.25, -0.2) is 4.98 Å². The van der Waals surface area contributed by atoms with Crippen LogP contribution in [0.25, 0.3) is 11.0 Å². The molecule has 1 heterocycles. The van der Waals surface area contributed by atoms with Crippen LogP contribution in [0.3, 0.4) is 0 Å². The van der Waals surface area contributed by atoms with E-state index in [0.29, 0.717) is 10.8 Å². The zero-order chi connectivity index (χ0) is 25.3. The average molecular weight is 493 g/mol. The molecular formula is C28H33ClN4O2. The summed E-state index contributed by atoms with van der Waals surface area (Å²) >= 11 is 6.24. The van der Waals surface area contributed by atoms with Crippen LogP contribution in [0.1, 0.15) is 33.3 Å². The standard InChI is InChI=1S/C28H33ClN4O2/c1-17(2)33(21-10-8-11-22(16-21)35-18(3)4)24-13-9-12-23-27(24)32(6)28(30-23)31-26-19(5)14-20(29)15-25(26)34-7/h8-18H,1-7H3,(H,30,31). The molecule has 0 aliphatic carbocycles. The third-order valence-corrected chi connectivity index (χ3v) is 6.06. The monoisotopic (exact) mass is 492 g/mol. The molecule has 0 saturated heterocycles. The summed E-state index contributed by atoms with van der Waals surface area (Å²) in [6.45, 7) is 10.4. The molecule has 0 saturated carbocycles. The highest BCUT2D eigenvalue weighted by Crippen LogP contribution is 2.38. The Hall–Kier alpha value is -3.38. The lowest BCUT2D eigenvalue weighted by atomic mass is 10.1. The van der Waals surface area contributed by atoms with E-state index in [1.165, 1.54) is 0 Å². The number of methoxy groups -OCH3 is 1. The van der Waals surface area contributed by atoms with Gasteiger partial charge in [0.15, 0.2) is 0 Å². The topological polar surface area (TPSA) is 51.6 Å². The second kappa shape index (κ2) is 10.1. The highest BCUT2D eigenvalue weighted by molar-refractivity contribution is 6.31. The number of fused-ring (bicyclic) bond motifs is 1. The van der Waals surface area contributed by atoms with E-state index >= 15 is 0 Å². The Morgan fingerprint density at radius 2 is 1.77 bits per heavy atom. The normalized spacial score (nSPS) is 11.4. The second-order valence-electron chi connectivity index (χ2n) is 9.19. The zero-order valence-electron chi connectivity index (χ0n) is 21.4. The summed E-state index contributed by atoms with van der Waals surface area (Å²) in [7, 11) is 3.66. The van der Waals surface area contributed by atoms with Crippen molar-refractivity contribution < 1.29 is 9.47 Å². The first-order valence-electron chi connectivity index (χ1n) is 11.8. The average Bonchev–Trinajstić information content (AvgIpc) is 3.11. The summed E-state index contributed by atoms with van der Waals surface area (Å²) < 4.78 is 13.6. The lowest BCUT2D eigenvalue weighted by Crippen LogP contribution is -2.26. The smallest absolute Gasteiger partial charge is 0.208 e. The molecule has 0 radical (unpaired) electrons. The Balaban J connectivity index is 1.82. The molecule has 184 valence electrons. The van der Waals surface area contributed by atoms with Crippen molar-refractivity contribution in [2.45, 2.75) is 46.8 Å². The first kappa shape index (κ1) is 24.7. The van der Waals surface area contributed by atoms with Crippen LogP contribution in [-0.2, 0) is 7.05 Å². The van der Waals surface area contributed by atoms with E-state index in [-0.39, 0.29) is 12.1 Å². The Morgan fingerprint density at radius 1 is 1.03 bits per heavy atom. The van der Waals surface area contributed by atoms with Crippen molar-refractivity contribution in [3.8, 4) is 11.5 Å². The highest BCUT2D eigenvalue weighted by Gasteiger charge is 2.21. The number of ether oxygens (including phenoxy) is 2. The lowest BCUT2D eigenvalue weighted by molar-refractivity contribution is 0.242. The number of halogens is 1. The van der Waals surface area contributed by atoms with Crippen molar-refractivity contribution in [2.75, 3.05) is 17.3 Å². The molecule has 1 aromatic heterocycles. The fourth-order valence-corrected chi connectivity index (χ4v) is 4.66. The molecule has 0 fully saturated rings. The number of nitrogens with one attached hydrogen (secondary N) is 1. The Bertz CT molecular complexity index is 1350. The van der Waals surface area contributed by atoms with E-state index in [4.69, 9.17) is 26.1 Å². The molecule has 4 rings (SSSR count). The van der Waals surface area contributed by atoms with E-state index in [1.807, 2.05) is 58.2 Å². The molecule has 0 aliphatic rings. The molecular weight excluding hydrogens is 460 g/mol. The van der Waals surface area contributed by atoms with Crippen molar-refractivity contribution in [1.29, 1.82) is 0 Å². The van der Waals surface area contributed by atoms with E-state index in [0.717, 1.165) is 45.4 Å². The van der Waals surface area contributed by atoms with Gasteiger partial charge in [0.25, 0.3) is 0 Å². The number of nitrogens with zero attached hydrogens (tertiary/aromatic N) is 3. The number of aryl methyl sites for hydroxylation is 2. The third kappa shape index (κ3) is 5.03. The Morgan fingerprint density at radius 3 is 2.46 bits per heavy atom. The third-order valence-electron chi connectivity index (χ3n) is 5.84. The van der Waals surface area contributed by atoms with Crippen LogP contribution in [0.4, 0.5) is 23.0 Å². The summed E-state index contributed by atoms with van der Waals surface area (Å²) in [4.78, 5) is 7.23. The molecule has 3 aromatic carbocycles. The van der Waals surface area contributed by atoms with E-state index in [9.17, 15) is 0 Å². The van der Waals surface area contributed by atoms with Crippen LogP contribution < -0.4 is 19.7 Å². The first-order chi connectivity index (χ1) is 16.7. The van der Waals surface area contributed by atoms with Gasteiger partial charge in [-0.2, -0.15) is 0 Å². The van der Waals surface area contributed by atoms with Gasteiger partial charge in [-0.1, -0.05) is 23.7 Å². The molecule has 0 unspecified atom stereocenters. The summed E-state index contributed by atoms with van der Waals surface area (Å²) in [6, 6.07) is 18.4. The minimum absolute atomic E-state index is 0.111. The number of hydrogen-bond donors (Lipinski definition) is 1. The van der Waals surface area contributed by atoms with Gasteiger partial charge in [0, 0.05) is 35.9 Å². The molecule has 0 spiro atoms. The largest absolute Gasteiger partial charge is 0.495 e. The fraction of sp³-hybridized carbons (Fsp3) is 0.321. The maximum Gasteiger partial charge on any atom is 0.208 e. The van der Waals surface area contributed by atoms with Crippen LogP contribution in [0.15, 0.2) is 54.6 Å². The van der Waals surface area contributed by atoms with Crippen molar-refractivity contribution >= 4 is 45.6 Å². The van der Waals surface area contributed by atoms with Gasteiger partial charge >= 0.3 is 0 Å². The molecule has 35 heavy (non-hydrogen) atoms. The number of rotatable bonds is 8. The van der Waals surface area contributed by atoms with E-state index in [1.54, 1.807) is 13.2 Å². The number of para-hydroxylation sites is 1. The molecule has 0 bridgehead atoms. The SMILES string of the molecule is COc1cc(Cl)cc(C)c1Nc1nc2cccc(N(c3cccc(OC(C)C)c3)C(C)C)c2n1C. The van der Waals surface area contributed by atoms with Gasteiger partial charge in [-0.05, 0) is 70.5 Å². The molecule has 0 amide bonds. The molecule has 1 N–H and O–H groups in total. The van der Waals surface area contributed by atoms with Gasteiger partial charge in [-0.3, -0.25) is 0 Å². The number of hydrogen-bond acceptors (Lipinski definition) is 5. The van der Waals surface area contributed by atoms with Crippen molar-refractivity contribution in [3.05, 3.63) is 65.2 Å². The van der Waals surface area contributed by atoms with Crippen LogP contribution >= 0.6 is 11.6 Å². The Kier molecular flexibility index (Phi) is 7.13. The fourth-order valence-electron chi connectivity index (χ4n) is 4.39. The van der Waals surface area contributed by atoms with Crippen LogP contribution in [0.5, 0.6) is 11.5 Å². The number of imidazole rings is 1. The van der Waals surface area contributed by atoms with Gasteiger partial charge in [0.1, 0.15) is 11.5 Å². The molecule has 0 aliphatic heterocycles. The van der Waals surface area contributed by atoms with Crippen LogP contribution in [-0.4, -0.2) is 28.8 Å². The number of anilines is 4. The minimum Gasteiger partial charge on any atom is -0.495 e. The zero-order valence-corrected chi connectivity index (χ0v) is 22.1. The maximum absolute atomic E-state index is 6.24. The summed E-state index contributed by atoms with van der Waals surface area (Å²) in [5.41, 5.74) is 5.89. The van der Waals surface area contributed by atoms with Crippen molar-refractivity contribution in [2.24, 2.45) is 7.05 Å². The molecule has 4 aromatic rings. The molecule has 0 atom stereocenters. The number of benzene rings is 3. The second-order valence-corrected chi connectivity index (χ2v) is 9.63. The molecule has 6 nitrogen and oxygen atoms in total. The summed E-state index contributed by atoms with van der Waals surface area (Å²) in [5.74, 6) is 2.25. The van der Waals surface area contributed by atoms with Gasteiger partial charge in [-0.15, -0.1) is 0 Å². The molecule has 7 heteroatoms. The summed E-state index contributed by atoms with van der Waals surface area (Å²) in [6.07, 6.45) is 0.111. The quantitative estimate of drug-likeness (QED) is 0.274. The van der Waals surface area contributed by atoms with E-state index in [2.05, 4.69) is 46.8 Å². The van der Waals surface area contributed by atoms with Crippen molar-refractivity contribution in [3.63, 3.8) is 0 Å². The maximum atomic E-state index is 6.24. The predicted octanol–water partition coefficient (Wildman–Crippen LogP) is 7.62.